The summed E-state index contributed by atoms with van der Waals surface area (Å²) in [5.74, 6) is 3.21. The number of hydrogen-bond acceptors (Lipinski definition) is 1. The third kappa shape index (κ3) is 3.08. The van der Waals surface area contributed by atoms with Crippen molar-refractivity contribution in [1.29, 1.82) is 0 Å². The van der Waals surface area contributed by atoms with Gasteiger partial charge in [0.25, 0.3) is 0 Å². The van der Waals surface area contributed by atoms with Crippen LogP contribution in [0.5, 0.6) is 0 Å². The number of aromatic nitrogens is 1. The number of fused-ring (bicyclic) bond motifs is 1. The maximum atomic E-state index is 11.1. The van der Waals surface area contributed by atoms with E-state index in [-0.39, 0.29) is 5.56 Å². The summed E-state index contributed by atoms with van der Waals surface area (Å²) in [6.45, 7) is 6.66. The fraction of sp³-hybridized carbons (Fsp3) is 0.214. The lowest BCUT2D eigenvalue weighted by Gasteiger charge is -2.03. The molecule has 0 bridgehead atoms. The van der Waals surface area contributed by atoms with Gasteiger partial charge in [0.2, 0.25) is 5.56 Å². The minimum atomic E-state index is -1.34. The Morgan fingerprint density at radius 2 is 1.88 bits per heavy atom. The molecule has 1 aromatic heterocycles. The number of pyridine rings is 1. The lowest BCUT2D eigenvalue weighted by Crippen LogP contribution is -2.16. The highest BCUT2D eigenvalue weighted by atomic mass is 28.3. The molecule has 1 heterocycles. The van der Waals surface area contributed by atoms with E-state index >= 15 is 0 Å². The molecule has 1 N–H and O–H groups in total. The molecule has 0 aliphatic heterocycles. The highest BCUT2D eigenvalue weighted by Gasteiger charge is 2.07. The van der Waals surface area contributed by atoms with Crippen molar-refractivity contribution < 1.29 is 0 Å². The second-order valence-electron chi connectivity index (χ2n) is 5.12. The smallest absolute Gasteiger partial charge is 0.248 e. The molecule has 0 radical (unpaired) electrons. The number of H-pyrrole nitrogens is 1. The van der Waals surface area contributed by atoms with Crippen LogP contribution in [0.15, 0.2) is 35.1 Å². The van der Waals surface area contributed by atoms with Gasteiger partial charge < -0.3 is 4.98 Å². The number of benzene rings is 1. The van der Waals surface area contributed by atoms with Gasteiger partial charge in [-0.3, -0.25) is 4.79 Å². The Morgan fingerprint density at radius 1 is 1.12 bits per heavy atom. The molecule has 0 fully saturated rings. The Balaban J connectivity index is 2.48. The zero-order chi connectivity index (χ0) is 12.5. The Bertz CT molecular complexity index is 668. The van der Waals surface area contributed by atoms with Gasteiger partial charge in [0.1, 0.15) is 8.07 Å². The molecule has 0 amide bonds. The van der Waals surface area contributed by atoms with E-state index < -0.39 is 8.07 Å². The molecule has 0 atom stereocenters. The molecule has 0 unspecified atom stereocenters. The van der Waals surface area contributed by atoms with Gasteiger partial charge in [-0.15, -0.1) is 5.54 Å². The molecule has 17 heavy (non-hydrogen) atoms. The highest BCUT2D eigenvalue weighted by Crippen LogP contribution is 2.11. The van der Waals surface area contributed by atoms with E-state index in [0.29, 0.717) is 0 Å². The van der Waals surface area contributed by atoms with Crippen LogP contribution >= 0.6 is 0 Å². The molecule has 2 nitrogen and oxygen atoms in total. The standard InChI is InChI=1S/C14H15NOSi/c1-17(2,3)9-8-11-4-6-13-12(10-11)5-7-14(16)15-13/h4-7,10H,1-3H3,(H,15,16). The van der Waals surface area contributed by atoms with Gasteiger partial charge in [-0.2, -0.15) is 0 Å². The first-order chi connectivity index (χ1) is 7.94. The molecule has 0 spiro atoms. The minimum Gasteiger partial charge on any atom is -0.322 e. The largest absolute Gasteiger partial charge is 0.322 e. The van der Waals surface area contributed by atoms with Crippen LogP contribution in [0.4, 0.5) is 0 Å². The van der Waals surface area contributed by atoms with Gasteiger partial charge in [0.05, 0.1) is 0 Å². The quantitative estimate of drug-likeness (QED) is 0.558. The van der Waals surface area contributed by atoms with Gasteiger partial charge in [-0.05, 0) is 29.7 Å². The van der Waals surface area contributed by atoms with E-state index in [1.54, 1.807) is 0 Å². The zero-order valence-corrected chi connectivity index (χ0v) is 11.3. The Kier molecular flexibility index (Phi) is 2.91. The van der Waals surface area contributed by atoms with Gasteiger partial charge >= 0.3 is 0 Å². The van der Waals surface area contributed by atoms with Crippen molar-refractivity contribution in [1.82, 2.24) is 4.98 Å². The van der Waals surface area contributed by atoms with Crippen molar-refractivity contribution in [3.63, 3.8) is 0 Å². The van der Waals surface area contributed by atoms with Crippen LogP contribution in [0.3, 0.4) is 0 Å². The molecule has 0 saturated carbocycles. The number of nitrogens with one attached hydrogen (secondary N) is 1. The molecule has 0 aliphatic rings. The average molecular weight is 241 g/mol. The summed E-state index contributed by atoms with van der Waals surface area (Å²) < 4.78 is 0. The Labute approximate surface area is 102 Å². The van der Waals surface area contributed by atoms with E-state index in [9.17, 15) is 4.79 Å². The number of aromatic amines is 1. The summed E-state index contributed by atoms with van der Waals surface area (Å²) in [6, 6.07) is 9.24. The molecule has 3 heteroatoms. The first kappa shape index (κ1) is 11.7. The van der Waals surface area contributed by atoms with E-state index in [1.807, 2.05) is 24.3 Å². The monoisotopic (exact) mass is 241 g/mol. The fourth-order valence-electron chi connectivity index (χ4n) is 1.49. The van der Waals surface area contributed by atoms with E-state index in [1.165, 1.54) is 6.07 Å². The van der Waals surface area contributed by atoms with Crippen LogP contribution in [0, 0.1) is 11.5 Å². The predicted molar refractivity (Wildman–Crippen MR) is 74.8 cm³/mol. The third-order valence-electron chi connectivity index (χ3n) is 2.31. The Morgan fingerprint density at radius 3 is 2.59 bits per heavy atom. The second-order valence-corrected chi connectivity index (χ2v) is 9.87. The normalized spacial score (nSPS) is 11.0. The molecular formula is C14H15NOSi. The lowest BCUT2D eigenvalue weighted by molar-refractivity contribution is 1.31. The topological polar surface area (TPSA) is 32.9 Å². The first-order valence-corrected chi connectivity index (χ1v) is 9.10. The van der Waals surface area contributed by atoms with Crippen LogP contribution in [0.1, 0.15) is 5.56 Å². The maximum Gasteiger partial charge on any atom is 0.248 e. The van der Waals surface area contributed by atoms with Crippen molar-refractivity contribution in [3.05, 3.63) is 46.2 Å². The maximum absolute atomic E-state index is 11.1. The lowest BCUT2D eigenvalue weighted by atomic mass is 10.1. The van der Waals surface area contributed by atoms with E-state index in [4.69, 9.17) is 0 Å². The van der Waals surface area contributed by atoms with Crippen molar-refractivity contribution in [2.24, 2.45) is 0 Å². The fourth-order valence-corrected chi connectivity index (χ4v) is 2.01. The van der Waals surface area contributed by atoms with Crippen LogP contribution < -0.4 is 5.56 Å². The average Bonchev–Trinajstić information content (AvgIpc) is 2.25. The number of rotatable bonds is 0. The van der Waals surface area contributed by atoms with Gasteiger partial charge in [0.15, 0.2) is 0 Å². The van der Waals surface area contributed by atoms with Crippen molar-refractivity contribution in [3.8, 4) is 11.5 Å². The summed E-state index contributed by atoms with van der Waals surface area (Å²) in [5, 5.41) is 1.02. The Hall–Kier alpha value is -1.79. The summed E-state index contributed by atoms with van der Waals surface area (Å²) in [4.78, 5) is 13.9. The summed E-state index contributed by atoms with van der Waals surface area (Å²) in [6.07, 6.45) is 0. The van der Waals surface area contributed by atoms with Gasteiger partial charge in [-0.1, -0.05) is 25.6 Å². The minimum absolute atomic E-state index is 0.0709. The zero-order valence-electron chi connectivity index (χ0n) is 10.3. The van der Waals surface area contributed by atoms with Crippen molar-refractivity contribution in [2.45, 2.75) is 19.6 Å². The molecule has 1 aromatic carbocycles. The van der Waals surface area contributed by atoms with Crippen LogP contribution in [-0.4, -0.2) is 13.1 Å². The van der Waals surface area contributed by atoms with Crippen molar-refractivity contribution in [2.75, 3.05) is 0 Å². The van der Waals surface area contributed by atoms with E-state index in [2.05, 4.69) is 36.1 Å². The number of hydrogen-bond donors (Lipinski definition) is 1. The summed E-state index contributed by atoms with van der Waals surface area (Å²) in [5.41, 5.74) is 5.12. The molecule has 2 rings (SSSR count). The molecule has 0 aliphatic carbocycles. The third-order valence-corrected chi connectivity index (χ3v) is 3.18. The highest BCUT2D eigenvalue weighted by molar-refractivity contribution is 6.83. The SMILES string of the molecule is C[Si](C)(C)C#Cc1ccc2[nH]c(=O)ccc2c1. The second kappa shape index (κ2) is 4.23. The van der Waals surface area contributed by atoms with Gasteiger partial charge in [0, 0.05) is 17.1 Å². The van der Waals surface area contributed by atoms with E-state index in [0.717, 1.165) is 16.5 Å². The predicted octanol–water partition coefficient (Wildman–Crippen LogP) is 2.76. The molecule has 0 saturated heterocycles. The summed E-state index contributed by atoms with van der Waals surface area (Å²) >= 11 is 0. The van der Waals surface area contributed by atoms with Gasteiger partial charge in [-0.25, -0.2) is 0 Å². The molecule has 2 aromatic rings. The van der Waals surface area contributed by atoms with Crippen LogP contribution in [0.25, 0.3) is 10.9 Å². The molecule has 86 valence electrons. The summed E-state index contributed by atoms with van der Waals surface area (Å²) in [7, 11) is -1.34. The van der Waals surface area contributed by atoms with Crippen LogP contribution in [0.2, 0.25) is 19.6 Å². The molecular weight excluding hydrogens is 226 g/mol. The first-order valence-electron chi connectivity index (χ1n) is 5.60. The van der Waals surface area contributed by atoms with Crippen molar-refractivity contribution >= 4 is 19.0 Å². The van der Waals surface area contributed by atoms with Crippen LogP contribution in [-0.2, 0) is 0 Å².